The highest BCUT2D eigenvalue weighted by Gasteiger charge is 2.06. The summed E-state index contributed by atoms with van der Waals surface area (Å²) in [5.41, 5.74) is 0.541. The minimum atomic E-state index is -0.319. The Hall–Kier alpha value is -2.80. The number of nitrogens with zero attached hydrogens (tertiary/aromatic N) is 1. The number of hydrogen-bond acceptors (Lipinski definition) is 4. The normalized spacial score (nSPS) is 11.2. The molecule has 0 bridgehead atoms. The Labute approximate surface area is 134 Å². The van der Waals surface area contributed by atoms with Crippen molar-refractivity contribution < 1.29 is 9.18 Å². The fraction of sp³-hybridized carbons (Fsp3) is 0.0625. The van der Waals surface area contributed by atoms with Gasteiger partial charge in [-0.1, -0.05) is 12.1 Å². The van der Waals surface area contributed by atoms with Crippen LogP contribution in [-0.4, -0.2) is 15.9 Å². The average molecular weight is 329 g/mol. The lowest BCUT2D eigenvalue weighted by Gasteiger charge is -1.98. The molecule has 0 saturated carbocycles. The van der Waals surface area contributed by atoms with Crippen LogP contribution in [0, 0.1) is 5.82 Å². The molecular formula is C16H12FN3O2S. The van der Waals surface area contributed by atoms with Crippen molar-refractivity contribution in [1.29, 1.82) is 0 Å². The van der Waals surface area contributed by atoms with Crippen molar-refractivity contribution in [1.82, 2.24) is 15.3 Å². The van der Waals surface area contributed by atoms with Gasteiger partial charge in [-0.3, -0.25) is 9.59 Å². The van der Waals surface area contributed by atoms with Crippen LogP contribution in [0.2, 0.25) is 0 Å². The van der Waals surface area contributed by atoms with E-state index in [1.807, 2.05) is 0 Å². The Morgan fingerprint density at radius 2 is 2.13 bits per heavy atom. The fourth-order valence-electron chi connectivity index (χ4n) is 1.98. The smallest absolute Gasteiger partial charge is 0.259 e. The summed E-state index contributed by atoms with van der Waals surface area (Å²) in [7, 11) is 0. The average Bonchev–Trinajstić information content (AvgIpc) is 2.97. The Morgan fingerprint density at radius 1 is 1.35 bits per heavy atom. The van der Waals surface area contributed by atoms with Gasteiger partial charge in [0.25, 0.3) is 5.56 Å². The number of thiophene rings is 1. The molecule has 2 aromatic heterocycles. The van der Waals surface area contributed by atoms with Crippen LogP contribution in [0.4, 0.5) is 4.39 Å². The first-order valence-corrected chi connectivity index (χ1v) is 7.61. The summed E-state index contributed by atoms with van der Waals surface area (Å²) in [6, 6.07) is 7.56. The fourth-order valence-corrected chi connectivity index (χ4v) is 2.92. The highest BCUT2D eigenvalue weighted by atomic mass is 32.1. The Balaban J connectivity index is 1.62. The molecule has 5 nitrogen and oxygen atoms in total. The molecule has 116 valence electrons. The maximum atomic E-state index is 12.8. The Morgan fingerprint density at radius 3 is 2.87 bits per heavy atom. The number of halogens is 1. The van der Waals surface area contributed by atoms with E-state index in [4.69, 9.17) is 0 Å². The molecule has 0 spiro atoms. The first kappa shape index (κ1) is 15.1. The summed E-state index contributed by atoms with van der Waals surface area (Å²) >= 11 is 1.36. The van der Waals surface area contributed by atoms with Crippen molar-refractivity contribution in [2.75, 3.05) is 0 Å². The molecule has 0 aliphatic heterocycles. The molecule has 0 radical (unpaired) electrons. The van der Waals surface area contributed by atoms with E-state index in [1.165, 1.54) is 35.9 Å². The van der Waals surface area contributed by atoms with Crippen LogP contribution in [0.25, 0.3) is 16.3 Å². The third kappa shape index (κ3) is 3.70. The second kappa shape index (κ2) is 6.53. The lowest BCUT2D eigenvalue weighted by molar-refractivity contribution is -0.116. The topological polar surface area (TPSA) is 74.8 Å². The second-order valence-electron chi connectivity index (χ2n) is 4.77. The molecule has 0 aliphatic rings. The summed E-state index contributed by atoms with van der Waals surface area (Å²) in [6.45, 7) is 0.313. The van der Waals surface area contributed by atoms with Gasteiger partial charge in [-0.25, -0.2) is 9.37 Å². The lowest BCUT2D eigenvalue weighted by Crippen LogP contribution is -2.19. The Bertz CT molecular complexity index is 928. The zero-order chi connectivity index (χ0) is 16.2. The van der Waals surface area contributed by atoms with Crippen molar-refractivity contribution in [3.05, 3.63) is 69.3 Å². The zero-order valence-electron chi connectivity index (χ0n) is 11.9. The predicted molar refractivity (Wildman–Crippen MR) is 87.5 cm³/mol. The molecule has 3 aromatic rings. The summed E-state index contributed by atoms with van der Waals surface area (Å²) in [6.07, 6.45) is 4.34. The number of aromatic nitrogens is 2. The number of carbonyl (C=O) groups excluding carboxylic acids is 1. The van der Waals surface area contributed by atoms with E-state index in [1.54, 1.807) is 24.3 Å². The summed E-state index contributed by atoms with van der Waals surface area (Å²) in [5, 5.41) is 3.25. The highest BCUT2D eigenvalue weighted by Crippen LogP contribution is 2.20. The maximum Gasteiger partial charge on any atom is 0.259 e. The van der Waals surface area contributed by atoms with Crippen LogP contribution in [0.1, 0.15) is 10.4 Å². The van der Waals surface area contributed by atoms with Gasteiger partial charge < -0.3 is 10.3 Å². The number of benzene rings is 1. The van der Waals surface area contributed by atoms with E-state index in [0.29, 0.717) is 16.8 Å². The van der Waals surface area contributed by atoms with Crippen molar-refractivity contribution >= 4 is 33.5 Å². The molecular weight excluding hydrogens is 317 g/mol. The second-order valence-corrected chi connectivity index (χ2v) is 5.88. The van der Waals surface area contributed by atoms with Gasteiger partial charge in [0.15, 0.2) is 0 Å². The third-order valence-corrected chi connectivity index (χ3v) is 4.16. The molecule has 2 N–H and O–H groups in total. The molecule has 23 heavy (non-hydrogen) atoms. The zero-order valence-corrected chi connectivity index (χ0v) is 12.7. The van der Waals surface area contributed by atoms with E-state index in [2.05, 4.69) is 15.3 Å². The number of rotatable bonds is 4. The standard InChI is InChI=1S/C16H12FN3O2S/c17-11-4-1-10(2-5-11)3-6-14(21)18-8-12-7-13-15(22)19-9-20-16(13)23-12/h1-7,9H,8H2,(H,18,21)(H,19,20,22)/b6-3+. The highest BCUT2D eigenvalue weighted by molar-refractivity contribution is 7.18. The van der Waals surface area contributed by atoms with Crippen molar-refractivity contribution in [2.45, 2.75) is 6.54 Å². The molecule has 0 saturated heterocycles. The first-order chi connectivity index (χ1) is 11.1. The molecule has 0 aliphatic carbocycles. The molecule has 1 amide bonds. The lowest BCUT2D eigenvalue weighted by atomic mass is 10.2. The van der Waals surface area contributed by atoms with Crippen molar-refractivity contribution in [3.63, 3.8) is 0 Å². The number of aromatic amines is 1. The van der Waals surface area contributed by atoms with E-state index in [-0.39, 0.29) is 17.3 Å². The maximum absolute atomic E-state index is 12.8. The Kier molecular flexibility index (Phi) is 4.29. The third-order valence-electron chi connectivity index (χ3n) is 3.12. The van der Waals surface area contributed by atoms with Gasteiger partial charge in [0.05, 0.1) is 18.3 Å². The van der Waals surface area contributed by atoms with E-state index >= 15 is 0 Å². The minimum Gasteiger partial charge on any atom is -0.348 e. The van der Waals surface area contributed by atoms with Crippen LogP contribution in [0.3, 0.4) is 0 Å². The number of carbonyl (C=O) groups is 1. The van der Waals surface area contributed by atoms with Crippen LogP contribution >= 0.6 is 11.3 Å². The molecule has 7 heteroatoms. The molecule has 3 rings (SSSR count). The summed E-state index contributed by atoms with van der Waals surface area (Å²) < 4.78 is 12.8. The summed E-state index contributed by atoms with van der Waals surface area (Å²) in [5.74, 6) is -0.589. The molecule has 0 unspecified atom stereocenters. The van der Waals surface area contributed by atoms with Crippen molar-refractivity contribution in [2.24, 2.45) is 0 Å². The van der Waals surface area contributed by atoms with Crippen LogP contribution in [0.5, 0.6) is 0 Å². The van der Waals surface area contributed by atoms with Gasteiger partial charge in [0.2, 0.25) is 5.91 Å². The van der Waals surface area contributed by atoms with E-state index in [9.17, 15) is 14.0 Å². The molecule has 0 fully saturated rings. The van der Waals surface area contributed by atoms with Gasteiger partial charge in [0.1, 0.15) is 10.6 Å². The van der Waals surface area contributed by atoms with Gasteiger partial charge >= 0.3 is 0 Å². The van der Waals surface area contributed by atoms with Crippen LogP contribution in [0.15, 0.2) is 47.5 Å². The molecule has 1 aromatic carbocycles. The number of amides is 1. The first-order valence-electron chi connectivity index (χ1n) is 6.79. The summed E-state index contributed by atoms with van der Waals surface area (Å²) in [4.78, 5) is 31.5. The van der Waals surface area contributed by atoms with Crippen LogP contribution in [-0.2, 0) is 11.3 Å². The SMILES string of the molecule is O=C(/C=C/c1ccc(F)cc1)NCc1cc2c(=O)[nH]cnc2s1. The van der Waals surface area contributed by atoms with Gasteiger partial charge in [0, 0.05) is 11.0 Å². The molecule has 2 heterocycles. The quantitative estimate of drug-likeness (QED) is 0.722. The van der Waals surface area contributed by atoms with Gasteiger partial charge in [-0.15, -0.1) is 11.3 Å². The largest absolute Gasteiger partial charge is 0.348 e. The van der Waals surface area contributed by atoms with Crippen LogP contribution < -0.4 is 10.9 Å². The molecule has 0 atom stereocenters. The number of nitrogens with one attached hydrogen (secondary N) is 2. The number of hydrogen-bond donors (Lipinski definition) is 2. The van der Waals surface area contributed by atoms with Gasteiger partial charge in [-0.05, 0) is 29.8 Å². The van der Waals surface area contributed by atoms with E-state index < -0.39 is 0 Å². The number of H-pyrrole nitrogens is 1. The van der Waals surface area contributed by atoms with E-state index in [0.717, 1.165) is 10.4 Å². The predicted octanol–water partition coefficient (Wildman–Crippen LogP) is 2.45. The van der Waals surface area contributed by atoms with Crippen molar-refractivity contribution in [3.8, 4) is 0 Å². The van der Waals surface area contributed by atoms with Gasteiger partial charge in [-0.2, -0.15) is 0 Å². The monoisotopic (exact) mass is 329 g/mol. The number of fused-ring (bicyclic) bond motifs is 1. The minimum absolute atomic E-state index is 0.194.